The number of Topliss-reactive ketones (excluding diaryl/α,β-unsaturated/α-hetero) is 1. The highest BCUT2D eigenvalue weighted by atomic mass is 16.5. The quantitative estimate of drug-likeness (QED) is 0.715. The highest BCUT2D eigenvalue weighted by Gasteiger charge is 2.34. The summed E-state index contributed by atoms with van der Waals surface area (Å²) in [6.45, 7) is 10.2. The molecule has 1 saturated heterocycles. The first-order valence-electron chi connectivity index (χ1n) is 6.00. The molecule has 0 amide bonds. The van der Waals surface area contributed by atoms with E-state index in [-0.39, 0.29) is 17.6 Å². The lowest BCUT2D eigenvalue weighted by Crippen LogP contribution is -2.26. The SMILES string of the molecule is CC(=O)C(CC1CCC(C)(C)O1)C(C)C. The van der Waals surface area contributed by atoms with Gasteiger partial charge in [0, 0.05) is 5.92 Å². The van der Waals surface area contributed by atoms with E-state index in [2.05, 4.69) is 27.7 Å². The van der Waals surface area contributed by atoms with Crippen molar-refractivity contribution in [2.45, 2.75) is 65.6 Å². The van der Waals surface area contributed by atoms with Gasteiger partial charge in [-0.05, 0) is 46.0 Å². The van der Waals surface area contributed by atoms with Gasteiger partial charge in [-0.25, -0.2) is 0 Å². The summed E-state index contributed by atoms with van der Waals surface area (Å²) in [6.07, 6.45) is 3.40. The van der Waals surface area contributed by atoms with Crippen LogP contribution in [0.4, 0.5) is 0 Å². The maximum Gasteiger partial charge on any atom is 0.133 e. The van der Waals surface area contributed by atoms with Crippen LogP contribution in [0.5, 0.6) is 0 Å². The van der Waals surface area contributed by atoms with Gasteiger partial charge in [-0.3, -0.25) is 4.79 Å². The van der Waals surface area contributed by atoms with Crippen LogP contribution in [0, 0.1) is 11.8 Å². The molecule has 1 fully saturated rings. The second-order valence-corrected chi connectivity index (χ2v) is 5.74. The molecule has 0 aromatic heterocycles. The van der Waals surface area contributed by atoms with Crippen molar-refractivity contribution >= 4 is 5.78 Å². The van der Waals surface area contributed by atoms with E-state index in [1.807, 2.05) is 0 Å². The first-order valence-corrected chi connectivity index (χ1v) is 6.00. The Hall–Kier alpha value is -0.370. The minimum atomic E-state index is 0.0169. The number of carbonyl (C=O) groups is 1. The first-order chi connectivity index (χ1) is 6.82. The smallest absolute Gasteiger partial charge is 0.133 e. The highest BCUT2D eigenvalue weighted by molar-refractivity contribution is 5.78. The van der Waals surface area contributed by atoms with Gasteiger partial charge in [0.15, 0.2) is 0 Å². The summed E-state index contributed by atoms with van der Waals surface area (Å²) in [4.78, 5) is 11.5. The molecule has 0 spiro atoms. The van der Waals surface area contributed by atoms with Crippen LogP contribution in [0.15, 0.2) is 0 Å². The van der Waals surface area contributed by atoms with Crippen LogP contribution in [0.3, 0.4) is 0 Å². The third kappa shape index (κ3) is 3.60. The van der Waals surface area contributed by atoms with Crippen molar-refractivity contribution in [1.29, 1.82) is 0 Å². The van der Waals surface area contributed by atoms with Gasteiger partial charge in [0.25, 0.3) is 0 Å². The molecule has 2 nitrogen and oxygen atoms in total. The van der Waals surface area contributed by atoms with E-state index in [1.54, 1.807) is 6.92 Å². The molecule has 0 aliphatic carbocycles. The van der Waals surface area contributed by atoms with Crippen LogP contribution >= 0.6 is 0 Å². The van der Waals surface area contributed by atoms with E-state index in [1.165, 1.54) is 0 Å². The standard InChI is InChI=1S/C13H24O2/c1-9(2)12(10(3)14)8-11-6-7-13(4,5)15-11/h9,11-12H,6-8H2,1-5H3. The fraction of sp³-hybridized carbons (Fsp3) is 0.923. The van der Waals surface area contributed by atoms with Crippen molar-refractivity contribution in [3.63, 3.8) is 0 Å². The van der Waals surface area contributed by atoms with Crippen molar-refractivity contribution < 1.29 is 9.53 Å². The van der Waals surface area contributed by atoms with Crippen molar-refractivity contribution in [3.05, 3.63) is 0 Å². The molecular formula is C13H24O2. The monoisotopic (exact) mass is 212 g/mol. The zero-order valence-corrected chi connectivity index (χ0v) is 10.7. The topological polar surface area (TPSA) is 26.3 Å². The average molecular weight is 212 g/mol. The van der Waals surface area contributed by atoms with Crippen molar-refractivity contribution in [2.24, 2.45) is 11.8 Å². The van der Waals surface area contributed by atoms with E-state index in [0.717, 1.165) is 19.3 Å². The molecule has 0 aromatic carbocycles. The van der Waals surface area contributed by atoms with Crippen LogP contribution < -0.4 is 0 Å². The maximum atomic E-state index is 11.5. The van der Waals surface area contributed by atoms with Crippen LogP contribution in [0.1, 0.15) is 53.9 Å². The summed E-state index contributed by atoms with van der Waals surface area (Å²) >= 11 is 0. The summed E-state index contributed by atoms with van der Waals surface area (Å²) in [5.41, 5.74) is 0.0169. The van der Waals surface area contributed by atoms with Gasteiger partial charge in [0.05, 0.1) is 11.7 Å². The van der Waals surface area contributed by atoms with Crippen LogP contribution in [0.2, 0.25) is 0 Å². The Morgan fingerprint density at radius 1 is 1.47 bits per heavy atom. The molecular weight excluding hydrogens is 188 g/mol. The third-order valence-corrected chi connectivity index (χ3v) is 3.40. The van der Waals surface area contributed by atoms with Gasteiger partial charge in [-0.1, -0.05) is 13.8 Å². The van der Waals surface area contributed by atoms with E-state index >= 15 is 0 Å². The van der Waals surface area contributed by atoms with Crippen LogP contribution in [-0.4, -0.2) is 17.5 Å². The van der Waals surface area contributed by atoms with E-state index in [9.17, 15) is 4.79 Å². The lowest BCUT2D eigenvalue weighted by molar-refractivity contribution is -0.124. The Kier molecular flexibility index (Phi) is 3.93. The lowest BCUT2D eigenvalue weighted by Gasteiger charge is -2.24. The van der Waals surface area contributed by atoms with E-state index < -0.39 is 0 Å². The molecule has 1 aliphatic heterocycles. The highest BCUT2D eigenvalue weighted by Crippen LogP contribution is 2.34. The van der Waals surface area contributed by atoms with Gasteiger partial charge < -0.3 is 4.74 Å². The minimum Gasteiger partial charge on any atom is -0.372 e. The Labute approximate surface area is 93.4 Å². The fourth-order valence-corrected chi connectivity index (χ4v) is 2.43. The lowest BCUT2D eigenvalue weighted by atomic mass is 9.86. The fourth-order valence-electron chi connectivity index (χ4n) is 2.43. The number of ketones is 1. The summed E-state index contributed by atoms with van der Waals surface area (Å²) in [7, 11) is 0. The molecule has 2 heteroatoms. The Morgan fingerprint density at radius 2 is 2.07 bits per heavy atom. The summed E-state index contributed by atoms with van der Waals surface area (Å²) in [6, 6.07) is 0. The van der Waals surface area contributed by atoms with Crippen LogP contribution in [0.25, 0.3) is 0 Å². The molecule has 0 aromatic rings. The molecule has 2 unspecified atom stereocenters. The predicted molar refractivity (Wildman–Crippen MR) is 61.8 cm³/mol. The Bertz CT molecular complexity index is 231. The summed E-state index contributed by atoms with van der Waals surface area (Å²) < 4.78 is 5.93. The molecule has 0 radical (unpaired) electrons. The van der Waals surface area contributed by atoms with Gasteiger partial charge in [-0.15, -0.1) is 0 Å². The second kappa shape index (κ2) is 4.65. The molecule has 88 valence electrons. The molecule has 1 aliphatic rings. The Balaban J connectivity index is 2.50. The van der Waals surface area contributed by atoms with Crippen molar-refractivity contribution in [2.75, 3.05) is 0 Å². The van der Waals surface area contributed by atoms with Gasteiger partial charge in [0.2, 0.25) is 0 Å². The molecule has 0 N–H and O–H groups in total. The van der Waals surface area contributed by atoms with Crippen molar-refractivity contribution in [3.8, 4) is 0 Å². The molecule has 0 saturated carbocycles. The largest absolute Gasteiger partial charge is 0.372 e. The molecule has 1 heterocycles. The predicted octanol–water partition coefficient (Wildman–Crippen LogP) is 3.20. The zero-order valence-electron chi connectivity index (χ0n) is 10.7. The van der Waals surface area contributed by atoms with Gasteiger partial charge >= 0.3 is 0 Å². The maximum absolute atomic E-state index is 11.5. The van der Waals surface area contributed by atoms with Gasteiger partial charge in [0.1, 0.15) is 5.78 Å². The summed E-state index contributed by atoms with van der Waals surface area (Å²) in [5.74, 6) is 0.900. The van der Waals surface area contributed by atoms with Crippen molar-refractivity contribution in [1.82, 2.24) is 0 Å². The van der Waals surface area contributed by atoms with Crippen LogP contribution in [-0.2, 0) is 9.53 Å². The van der Waals surface area contributed by atoms with Gasteiger partial charge in [-0.2, -0.15) is 0 Å². The number of carbonyl (C=O) groups excluding carboxylic acids is 1. The average Bonchev–Trinajstić information content (AvgIpc) is 2.40. The zero-order chi connectivity index (χ0) is 11.6. The third-order valence-electron chi connectivity index (χ3n) is 3.40. The number of hydrogen-bond acceptors (Lipinski definition) is 2. The molecule has 0 bridgehead atoms. The first kappa shape index (κ1) is 12.7. The molecule has 1 rings (SSSR count). The summed E-state index contributed by atoms with van der Waals surface area (Å²) in [5, 5.41) is 0. The number of rotatable bonds is 4. The number of hydrogen-bond donors (Lipinski definition) is 0. The molecule has 15 heavy (non-hydrogen) atoms. The molecule has 2 atom stereocenters. The number of ether oxygens (including phenoxy) is 1. The second-order valence-electron chi connectivity index (χ2n) is 5.74. The van der Waals surface area contributed by atoms with E-state index in [4.69, 9.17) is 4.74 Å². The van der Waals surface area contributed by atoms with E-state index in [0.29, 0.717) is 11.7 Å². The minimum absolute atomic E-state index is 0.0169. The Morgan fingerprint density at radius 3 is 2.40 bits per heavy atom. The normalized spacial score (nSPS) is 26.9.